The second-order valence-corrected chi connectivity index (χ2v) is 6.59. The van der Waals surface area contributed by atoms with Crippen molar-refractivity contribution in [1.29, 1.82) is 0 Å². The van der Waals surface area contributed by atoms with Crippen molar-refractivity contribution in [2.75, 3.05) is 28.6 Å². The summed E-state index contributed by atoms with van der Waals surface area (Å²) in [4.78, 5) is 25.4. The highest BCUT2D eigenvalue weighted by atomic mass is 79.9. The molecule has 0 aliphatic carbocycles. The number of fused-ring (bicyclic) bond motifs is 1. The van der Waals surface area contributed by atoms with Crippen LogP contribution in [0.1, 0.15) is 12.5 Å². The van der Waals surface area contributed by atoms with Crippen LogP contribution in [0.4, 0.5) is 17.1 Å². The Morgan fingerprint density at radius 3 is 2.54 bits per heavy atom. The molecule has 0 fully saturated rings. The number of carbonyl (C=O) groups is 2. The summed E-state index contributed by atoms with van der Waals surface area (Å²) >= 11 is 3.38. The largest absolute Gasteiger partial charge is 0.376 e. The normalized spacial score (nSPS) is 12.7. The van der Waals surface area contributed by atoms with Gasteiger partial charge in [-0.2, -0.15) is 0 Å². The van der Waals surface area contributed by atoms with Crippen molar-refractivity contribution in [2.45, 2.75) is 13.3 Å². The lowest BCUT2D eigenvalue weighted by atomic mass is 10.1. The number of halogens is 1. The summed E-state index contributed by atoms with van der Waals surface area (Å²) < 4.78 is 0.996. The number of carbonyl (C=O) groups excluding carboxylic acids is 2. The molecular formula is C18H18BrN3O2. The summed E-state index contributed by atoms with van der Waals surface area (Å²) in [6, 6.07) is 13.3. The van der Waals surface area contributed by atoms with Gasteiger partial charge in [0.1, 0.15) is 0 Å². The first-order chi connectivity index (χ1) is 11.5. The highest BCUT2D eigenvalue weighted by Gasteiger charge is 2.22. The van der Waals surface area contributed by atoms with Gasteiger partial charge in [-0.3, -0.25) is 9.59 Å². The Morgan fingerprint density at radius 2 is 1.83 bits per heavy atom. The first-order valence-corrected chi connectivity index (χ1v) is 8.52. The maximum atomic E-state index is 12.1. The molecule has 0 saturated heterocycles. The molecule has 0 unspecified atom stereocenters. The van der Waals surface area contributed by atoms with E-state index in [4.69, 9.17) is 0 Å². The average Bonchev–Trinajstić information content (AvgIpc) is 2.97. The van der Waals surface area contributed by atoms with E-state index < -0.39 is 0 Å². The van der Waals surface area contributed by atoms with Crippen LogP contribution in [0.5, 0.6) is 0 Å². The Labute approximate surface area is 149 Å². The number of nitrogens with one attached hydrogen (secondary N) is 2. The SMILES string of the molecule is CC(=O)N1CCc2cc(NC(=O)CNc3ccc(Br)cc3)ccc21. The third-order valence-electron chi connectivity index (χ3n) is 3.94. The van der Waals surface area contributed by atoms with E-state index in [1.807, 2.05) is 42.5 Å². The molecule has 3 rings (SSSR count). The number of hydrogen-bond acceptors (Lipinski definition) is 3. The van der Waals surface area contributed by atoms with Gasteiger partial charge in [-0.05, 0) is 54.4 Å². The van der Waals surface area contributed by atoms with Crippen molar-refractivity contribution in [3.05, 3.63) is 52.5 Å². The van der Waals surface area contributed by atoms with Crippen LogP contribution in [0.2, 0.25) is 0 Å². The first kappa shape index (κ1) is 16.5. The molecule has 124 valence electrons. The van der Waals surface area contributed by atoms with Crippen LogP contribution >= 0.6 is 15.9 Å². The minimum absolute atomic E-state index is 0.0456. The van der Waals surface area contributed by atoms with E-state index in [-0.39, 0.29) is 18.4 Å². The molecule has 6 heteroatoms. The van der Waals surface area contributed by atoms with Crippen LogP contribution < -0.4 is 15.5 Å². The van der Waals surface area contributed by atoms with Gasteiger partial charge in [-0.25, -0.2) is 0 Å². The lowest BCUT2D eigenvalue weighted by molar-refractivity contribution is -0.116. The lowest BCUT2D eigenvalue weighted by Gasteiger charge is -2.15. The molecule has 5 nitrogen and oxygen atoms in total. The quantitative estimate of drug-likeness (QED) is 0.844. The molecule has 2 N–H and O–H groups in total. The highest BCUT2D eigenvalue weighted by molar-refractivity contribution is 9.10. The van der Waals surface area contributed by atoms with Gasteiger partial charge in [0.2, 0.25) is 11.8 Å². The number of rotatable bonds is 4. The molecule has 0 radical (unpaired) electrons. The Hall–Kier alpha value is -2.34. The van der Waals surface area contributed by atoms with Crippen molar-refractivity contribution in [2.24, 2.45) is 0 Å². The van der Waals surface area contributed by atoms with Crippen LogP contribution in [0, 0.1) is 0 Å². The second kappa shape index (κ2) is 7.05. The molecule has 1 heterocycles. The summed E-state index contributed by atoms with van der Waals surface area (Å²) in [5.41, 5.74) is 3.67. The monoisotopic (exact) mass is 387 g/mol. The van der Waals surface area contributed by atoms with E-state index in [1.165, 1.54) is 0 Å². The van der Waals surface area contributed by atoms with Crippen molar-refractivity contribution in [3.63, 3.8) is 0 Å². The minimum atomic E-state index is -0.112. The molecule has 0 atom stereocenters. The van der Waals surface area contributed by atoms with Gasteiger partial charge in [-0.1, -0.05) is 15.9 Å². The molecule has 0 bridgehead atoms. The predicted octanol–water partition coefficient (Wildman–Crippen LogP) is 3.41. The van der Waals surface area contributed by atoms with Gasteiger partial charge in [0.15, 0.2) is 0 Å². The molecule has 0 aromatic heterocycles. The van der Waals surface area contributed by atoms with Gasteiger partial charge in [0.05, 0.1) is 6.54 Å². The van der Waals surface area contributed by atoms with Gasteiger partial charge in [0, 0.05) is 35.0 Å². The Morgan fingerprint density at radius 1 is 1.12 bits per heavy atom. The van der Waals surface area contributed by atoms with Gasteiger partial charge < -0.3 is 15.5 Å². The zero-order chi connectivity index (χ0) is 17.1. The summed E-state index contributed by atoms with van der Waals surface area (Å²) in [5.74, 6) is -0.0662. The number of hydrogen-bond donors (Lipinski definition) is 2. The number of amides is 2. The number of nitrogens with zero attached hydrogens (tertiary/aromatic N) is 1. The molecular weight excluding hydrogens is 370 g/mol. The van der Waals surface area contributed by atoms with Gasteiger partial charge >= 0.3 is 0 Å². The predicted molar refractivity (Wildman–Crippen MR) is 99.4 cm³/mol. The molecule has 2 aromatic rings. The summed E-state index contributed by atoms with van der Waals surface area (Å²) in [6.45, 7) is 2.46. The smallest absolute Gasteiger partial charge is 0.243 e. The average molecular weight is 388 g/mol. The molecule has 1 aliphatic heterocycles. The molecule has 24 heavy (non-hydrogen) atoms. The van der Waals surface area contributed by atoms with Crippen LogP contribution in [-0.2, 0) is 16.0 Å². The van der Waals surface area contributed by atoms with Crippen LogP contribution in [0.3, 0.4) is 0 Å². The van der Waals surface area contributed by atoms with Crippen molar-refractivity contribution < 1.29 is 9.59 Å². The Balaban J connectivity index is 1.59. The van der Waals surface area contributed by atoms with Crippen molar-refractivity contribution in [3.8, 4) is 0 Å². The minimum Gasteiger partial charge on any atom is -0.376 e. The van der Waals surface area contributed by atoms with E-state index in [0.717, 1.165) is 33.5 Å². The zero-order valence-corrected chi connectivity index (χ0v) is 14.9. The van der Waals surface area contributed by atoms with E-state index in [9.17, 15) is 9.59 Å². The lowest BCUT2D eigenvalue weighted by Crippen LogP contribution is -2.25. The van der Waals surface area contributed by atoms with E-state index in [0.29, 0.717) is 6.54 Å². The molecule has 0 saturated carbocycles. The Kier molecular flexibility index (Phi) is 4.85. The molecule has 2 amide bonds. The summed E-state index contributed by atoms with van der Waals surface area (Å²) in [6.07, 6.45) is 0.815. The fraction of sp³-hybridized carbons (Fsp3) is 0.222. The van der Waals surface area contributed by atoms with E-state index in [1.54, 1.807) is 11.8 Å². The molecule has 0 spiro atoms. The highest BCUT2D eigenvalue weighted by Crippen LogP contribution is 2.30. The third kappa shape index (κ3) is 3.76. The number of benzene rings is 2. The summed E-state index contributed by atoms with van der Waals surface area (Å²) in [5, 5.41) is 5.96. The van der Waals surface area contributed by atoms with Crippen molar-refractivity contribution in [1.82, 2.24) is 0 Å². The standard InChI is InChI=1S/C18H18BrN3O2/c1-12(23)22-9-8-13-10-16(6-7-17(13)22)21-18(24)11-20-15-4-2-14(19)3-5-15/h2-7,10,20H,8-9,11H2,1H3,(H,21,24). The van der Waals surface area contributed by atoms with Crippen LogP contribution in [0.25, 0.3) is 0 Å². The summed E-state index contributed by atoms with van der Waals surface area (Å²) in [7, 11) is 0. The maximum absolute atomic E-state index is 12.1. The fourth-order valence-corrected chi connectivity index (χ4v) is 3.03. The third-order valence-corrected chi connectivity index (χ3v) is 4.46. The molecule has 1 aliphatic rings. The van der Waals surface area contributed by atoms with Crippen LogP contribution in [-0.4, -0.2) is 24.9 Å². The second-order valence-electron chi connectivity index (χ2n) is 5.67. The maximum Gasteiger partial charge on any atom is 0.243 e. The number of anilines is 3. The van der Waals surface area contributed by atoms with Gasteiger partial charge in [-0.15, -0.1) is 0 Å². The zero-order valence-electron chi connectivity index (χ0n) is 13.3. The fourth-order valence-electron chi connectivity index (χ4n) is 2.76. The topological polar surface area (TPSA) is 61.4 Å². The van der Waals surface area contributed by atoms with E-state index >= 15 is 0 Å². The molecule has 2 aromatic carbocycles. The van der Waals surface area contributed by atoms with E-state index in [2.05, 4.69) is 26.6 Å². The van der Waals surface area contributed by atoms with Gasteiger partial charge in [0.25, 0.3) is 0 Å². The Bertz CT molecular complexity index is 774. The van der Waals surface area contributed by atoms with Crippen molar-refractivity contribution >= 4 is 44.8 Å². The van der Waals surface area contributed by atoms with Crippen LogP contribution in [0.15, 0.2) is 46.9 Å². The first-order valence-electron chi connectivity index (χ1n) is 7.73.